The maximum absolute atomic E-state index is 12.6. The lowest BCUT2D eigenvalue weighted by atomic mass is 10.00. The van der Waals surface area contributed by atoms with E-state index in [1.54, 1.807) is 11.3 Å². The van der Waals surface area contributed by atoms with Crippen LogP contribution in [0.2, 0.25) is 0 Å². The molecule has 0 radical (unpaired) electrons. The number of amides is 1. The molecule has 0 unspecified atom stereocenters. The number of ether oxygens (including phenoxy) is 2. The van der Waals surface area contributed by atoms with E-state index in [-0.39, 0.29) is 17.6 Å². The van der Waals surface area contributed by atoms with E-state index < -0.39 is 0 Å². The van der Waals surface area contributed by atoms with Gasteiger partial charge in [-0.15, -0.1) is 0 Å². The van der Waals surface area contributed by atoms with Crippen molar-refractivity contribution in [1.82, 2.24) is 9.80 Å². The van der Waals surface area contributed by atoms with Crippen molar-refractivity contribution in [2.45, 2.75) is 24.5 Å². The van der Waals surface area contributed by atoms with Gasteiger partial charge < -0.3 is 19.3 Å². The molecular weight excluding hydrogens is 300 g/mol. The Morgan fingerprint density at radius 3 is 3.14 bits per heavy atom. The lowest BCUT2D eigenvalue weighted by Gasteiger charge is -2.32. The zero-order valence-corrected chi connectivity index (χ0v) is 14.1. The highest BCUT2D eigenvalue weighted by molar-refractivity contribution is 7.08. The summed E-state index contributed by atoms with van der Waals surface area (Å²) in [7, 11) is 4.12. The monoisotopic (exact) mass is 324 g/mol. The third-order valence-electron chi connectivity index (χ3n) is 4.31. The lowest BCUT2D eigenvalue weighted by Crippen LogP contribution is -2.47. The van der Waals surface area contributed by atoms with Crippen LogP contribution in [0.5, 0.6) is 0 Å². The quantitative estimate of drug-likeness (QED) is 0.849. The van der Waals surface area contributed by atoms with Crippen LogP contribution in [0.4, 0.5) is 0 Å². The van der Waals surface area contributed by atoms with E-state index in [2.05, 4.69) is 19.0 Å². The Bertz CT molecular complexity index is 505. The second kappa shape index (κ2) is 6.66. The zero-order valence-electron chi connectivity index (χ0n) is 13.3. The molecule has 1 amide bonds. The summed E-state index contributed by atoms with van der Waals surface area (Å²) in [5, 5.41) is 3.85. The first kappa shape index (κ1) is 15.9. The fraction of sp³-hybridized carbons (Fsp3) is 0.688. The third-order valence-corrected chi connectivity index (χ3v) is 5.00. The van der Waals surface area contributed by atoms with Crippen LogP contribution < -0.4 is 0 Å². The Hall–Kier alpha value is -0.950. The van der Waals surface area contributed by atoms with Crippen molar-refractivity contribution in [3.63, 3.8) is 0 Å². The molecule has 122 valence electrons. The van der Waals surface area contributed by atoms with Gasteiger partial charge in [0.15, 0.2) is 0 Å². The van der Waals surface area contributed by atoms with Gasteiger partial charge in [0.1, 0.15) is 5.60 Å². The Kier molecular flexibility index (Phi) is 4.82. The molecule has 6 heteroatoms. The SMILES string of the molecule is CN(C)C[C@@H]1CC[C@]2(COCCN(C(=O)c3ccsc3)C2)O1. The second-order valence-corrected chi connectivity index (χ2v) is 7.30. The zero-order chi connectivity index (χ0) is 15.6. The molecule has 1 aromatic rings. The van der Waals surface area contributed by atoms with Crippen molar-refractivity contribution in [3.05, 3.63) is 22.4 Å². The van der Waals surface area contributed by atoms with Crippen molar-refractivity contribution in [2.75, 3.05) is 46.9 Å². The van der Waals surface area contributed by atoms with Crippen LogP contribution in [0.25, 0.3) is 0 Å². The summed E-state index contributed by atoms with van der Waals surface area (Å²) in [5.41, 5.74) is 0.438. The Morgan fingerprint density at radius 2 is 2.41 bits per heavy atom. The maximum Gasteiger partial charge on any atom is 0.254 e. The van der Waals surface area contributed by atoms with Crippen molar-refractivity contribution in [3.8, 4) is 0 Å². The average molecular weight is 324 g/mol. The van der Waals surface area contributed by atoms with Gasteiger partial charge in [0.05, 0.1) is 31.4 Å². The number of nitrogens with zero attached hydrogens (tertiary/aromatic N) is 2. The summed E-state index contributed by atoms with van der Waals surface area (Å²) in [6.07, 6.45) is 2.22. The number of hydrogen-bond donors (Lipinski definition) is 0. The van der Waals surface area contributed by atoms with E-state index >= 15 is 0 Å². The Morgan fingerprint density at radius 1 is 1.55 bits per heavy atom. The molecular formula is C16H24N2O3S. The van der Waals surface area contributed by atoms with E-state index in [0.29, 0.717) is 26.3 Å². The minimum atomic E-state index is -0.330. The molecule has 0 saturated carbocycles. The highest BCUT2D eigenvalue weighted by Crippen LogP contribution is 2.33. The van der Waals surface area contributed by atoms with E-state index in [1.165, 1.54) is 0 Å². The van der Waals surface area contributed by atoms with Gasteiger partial charge in [-0.25, -0.2) is 0 Å². The van der Waals surface area contributed by atoms with Crippen LogP contribution in [0.1, 0.15) is 23.2 Å². The summed E-state index contributed by atoms with van der Waals surface area (Å²) in [4.78, 5) is 16.7. The van der Waals surface area contributed by atoms with Crippen LogP contribution in [0.15, 0.2) is 16.8 Å². The molecule has 3 heterocycles. The topological polar surface area (TPSA) is 42.0 Å². The molecule has 22 heavy (non-hydrogen) atoms. The first-order chi connectivity index (χ1) is 10.6. The number of thiophene rings is 1. The highest BCUT2D eigenvalue weighted by atomic mass is 32.1. The van der Waals surface area contributed by atoms with Gasteiger partial charge in [-0.1, -0.05) is 0 Å². The average Bonchev–Trinajstić information content (AvgIpc) is 3.07. The fourth-order valence-corrected chi connectivity index (χ4v) is 3.93. The lowest BCUT2D eigenvalue weighted by molar-refractivity contribution is -0.0878. The van der Waals surface area contributed by atoms with Crippen LogP contribution in [0, 0.1) is 0 Å². The van der Waals surface area contributed by atoms with Crippen molar-refractivity contribution in [2.24, 2.45) is 0 Å². The molecule has 1 spiro atoms. The van der Waals surface area contributed by atoms with Gasteiger partial charge in [0.25, 0.3) is 5.91 Å². The largest absolute Gasteiger partial charge is 0.377 e. The molecule has 0 aliphatic carbocycles. The van der Waals surface area contributed by atoms with E-state index in [1.807, 2.05) is 21.7 Å². The molecule has 2 fully saturated rings. The molecule has 2 aliphatic rings. The summed E-state index contributed by atoms with van der Waals surface area (Å²) in [6, 6.07) is 1.88. The molecule has 5 nitrogen and oxygen atoms in total. The summed E-state index contributed by atoms with van der Waals surface area (Å²) in [5.74, 6) is 0.0887. The van der Waals surface area contributed by atoms with Crippen LogP contribution in [-0.2, 0) is 9.47 Å². The first-order valence-electron chi connectivity index (χ1n) is 7.80. The molecule has 2 aliphatic heterocycles. The Balaban J connectivity index is 1.69. The predicted molar refractivity (Wildman–Crippen MR) is 86.4 cm³/mol. The third kappa shape index (κ3) is 3.51. The molecule has 3 rings (SSSR count). The number of carbonyl (C=O) groups excluding carboxylic acids is 1. The van der Waals surface area contributed by atoms with Crippen LogP contribution in [0.3, 0.4) is 0 Å². The van der Waals surface area contributed by atoms with Gasteiger partial charge in [0, 0.05) is 18.5 Å². The highest BCUT2D eigenvalue weighted by Gasteiger charge is 2.44. The van der Waals surface area contributed by atoms with Gasteiger partial charge in [0.2, 0.25) is 0 Å². The van der Waals surface area contributed by atoms with Gasteiger partial charge in [-0.3, -0.25) is 4.79 Å². The predicted octanol–water partition coefficient (Wildman–Crippen LogP) is 1.70. The first-order valence-corrected chi connectivity index (χ1v) is 8.74. The minimum Gasteiger partial charge on any atom is -0.377 e. The van der Waals surface area contributed by atoms with E-state index in [0.717, 1.165) is 24.9 Å². The maximum atomic E-state index is 12.6. The Labute approximate surface area is 135 Å². The van der Waals surface area contributed by atoms with Crippen molar-refractivity contribution < 1.29 is 14.3 Å². The minimum absolute atomic E-state index is 0.0887. The summed E-state index contributed by atoms with van der Waals surface area (Å²) in [6.45, 7) is 3.35. The van der Waals surface area contributed by atoms with Gasteiger partial charge >= 0.3 is 0 Å². The molecule has 1 aromatic heterocycles. The second-order valence-electron chi connectivity index (χ2n) is 6.52. The molecule has 0 aromatic carbocycles. The van der Waals surface area contributed by atoms with Gasteiger partial charge in [-0.2, -0.15) is 11.3 Å². The van der Waals surface area contributed by atoms with Crippen molar-refractivity contribution in [1.29, 1.82) is 0 Å². The fourth-order valence-electron chi connectivity index (χ4n) is 3.30. The van der Waals surface area contributed by atoms with Gasteiger partial charge in [-0.05, 0) is 38.4 Å². The smallest absolute Gasteiger partial charge is 0.254 e. The molecule has 2 atom stereocenters. The normalized spacial score (nSPS) is 29.2. The number of hydrogen-bond acceptors (Lipinski definition) is 5. The molecule has 2 saturated heterocycles. The van der Waals surface area contributed by atoms with Crippen LogP contribution in [-0.4, -0.2) is 74.4 Å². The van der Waals surface area contributed by atoms with E-state index in [9.17, 15) is 4.79 Å². The number of rotatable bonds is 3. The van der Waals surface area contributed by atoms with Crippen LogP contribution >= 0.6 is 11.3 Å². The number of carbonyl (C=O) groups is 1. The molecule has 0 bridgehead atoms. The van der Waals surface area contributed by atoms with E-state index in [4.69, 9.17) is 9.47 Å². The summed E-state index contributed by atoms with van der Waals surface area (Å²) < 4.78 is 12.1. The standard InChI is InChI=1S/C16H24N2O3S/c1-17(2)9-14-3-5-16(21-14)11-18(6-7-20-12-16)15(19)13-4-8-22-10-13/h4,8,10,14H,3,5-7,9,11-12H2,1-2H3/t14-,16-/m0/s1. The molecule has 0 N–H and O–H groups in total. The van der Waals surface area contributed by atoms with Crippen molar-refractivity contribution >= 4 is 17.2 Å². The number of likely N-dealkylation sites (N-methyl/N-ethyl adjacent to an activating group) is 1. The summed E-state index contributed by atoms with van der Waals surface area (Å²) >= 11 is 1.55.